The maximum absolute atomic E-state index is 5.95. The number of benzene rings is 1. The number of rotatable bonds is 5. The van der Waals surface area contributed by atoms with E-state index in [1.807, 2.05) is 0 Å². The summed E-state index contributed by atoms with van der Waals surface area (Å²) in [5, 5.41) is 0. The fourth-order valence-electron chi connectivity index (χ4n) is 2.46. The average molecular weight is 263 g/mol. The van der Waals surface area contributed by atoms with Crippen LogP contribution in [0.25, 0.3) is 0 Å². The third kappa shape index (κ3) is 3.93. The number of hydrogen-bond donors (Lipinski definition) is 1. The predicted octanol–water partition coefficient (Wildman–Crippen LogP) is 1.13. The van der Waals surface area contributed by atoms with Crippen LogP contribution >= 0.6 is 0 Å². The molecule has 1 atom stereocenters. The monoisotopic (exact) mass is 263 g/mol. The van der Waals surface area contributed by atoms with Gasteiger partial charge in [-0.25, -0.2) is 0 Å². The first kappa shape index (κ1) is 14.3. The zero-order valence-electron chi connectivity index (χ0n) is 12.0. The first-order valence-corrected chi connectivity index (χ1v) is 6.98. The van der Waals surface area contributed by atoms with Crippen LogP contribution in [0, 0.1) is 0 Å². The summed E-state index contributed by atoms with van der Waals surface area (Å²) in [6.07, 6.45) is 0. The molecule has 0 radical (unpaired) electrons. The molecule has 0 saturated carbocycles. The average Bonchev–Trinajstić information content (AvgIpc) is 2.46. The summed E-state index contributed by atoms with van der Waals surface area (Å²) in [5.74, 6) is 0.411. The zero-order valence-corrected chi connectivity index (χ0v) is 12.0. The highest BCUT2D eigenvalue weighted by Crippen LogP contribution is 2.20. The van der Waals surface area contributed by atoms with Crippen molar-refractivity contribution in [3.05, 3.63) is 29.8 Å². The van der Waals surface area contributed by atoms with Crippen LogP contribution in [0.5, 0.6) is 0 Å². The number of anilines is 1. The number of nitrogens with two attached hydrogens (primary N) is 1. The molecule has 2 rings (SSSR count). The molecule has 106 valence electrons. The fraction of sp³-hybridized carbons (Fsp3) is 0.600. The minimum absolute atomic E-state index is 0.411. The van der Waals surface area contributed by atoms with E-state index in [0.29, 0.717) is 12.5 Å². The second kappa shape index (κ2) is 6.89. The number of ether oxygens (including phenoxy) is 1. The van der Waals surface area contributed by atoms with Crippen LogP contribution in [0.2, 0.25) is 0 Å². The van der Waals surface area contributed by atoms with Gasteiger partial charge in [-0.2, -0.15) is 0 Å². The Kier molecular flexibility index (Phi) is 5.19. The summed E-state index contributed by atoms with van der Waals surface area (Å²) < 4.78 is 5.38. The highest BCUT2D eigenvalue weighted by atomic mass is 16.5. The van der Waals surface area contributed by atoms with Crippen molar-refractivity contribution in [3.63, 3.8) is 0 Å². The lowest BCUT2D eigenvalue weighted by Crippen LogP contribution is -2.40. The summed E-state index contributed by atoms with van der Waals surface area (Å²) >= 11 is 0. The Morgan fingerprint density at radius 2 is 1.84 bits per heavy atom. The van der Waals surface area contributed by atoms with E-state index >= 15 is 0 Å². The summed E-state index contributed by atoms with van der Waals surface area (Å²) in [6.45, 7) is 5.45. The van der Waals surface area contributed by atoms with Gasteiger partial charge in [-0.1, -0.05) is 12.1 Å². The van der Waals surface area contributed by atoms with Crippen LogP contribution in [-0.2, 0) is 4.74 Å². The first-order valence-electron chi connectivity index (χ1n) is 6.98. The quantitative estimate of drug-likeness (QED) is 0.864. The number of nitrogens with zero attached hydrogens (tertiary/aromatic N) is 2. The van der Waals surface area contributed by atoms with Crippen LogP contribution in [-0.4, -0.2) is 58.4 Å². The van der Waals surface area contributed by atoms with Gasteiger partial charge in [-0.15, -0.1) is 0 Å². The van der Waals surface area contributed by atoms with E-state index in [1.165, 1.54) is 11.3 Å². The van der Waals surface area contributed by atoms with Gasteiger partial charge in [0, 0.05) is 51.9 Å². The third-order valence-electron chi connectivity index (χ3n) is 3.75. The van der Waals surface area contributed by atoms with E-state index in [-0.39, 0.29) is 0 Å². The molecule has 1 aromatic rings. The predicted molar refractivity (Wildman–Crippen MR) is 79.8 cm³/mol. The molecular weight excluding hydrogens is 238 g/mol. The van der Waals surface area contributed by atoms with Crippen molar-refractivity contribution in [1.29, 1.82) is 0 Å². The van der Waals surface area contributed by atoms with E-state index in [1.54, 1.807) is 0 Å². The Bertz CT molecular complexity index is 371. The van der Waals surface area contributed by atoms with Gasteiger partial charge >= 0.3 is 0 Å². The lowest BCUT2D eigenvalue weighted by molar-refractivity contribution is 0.0353. The highest BCUT2D eigenvalue weighted by molar-refractivity contribution is 5.46. The lowest BCUT2D eigenvalue weighted by Gasteiger charge is -2.30. The molecule has 0 aliphatic carbocycles. The normalized spacial score (nSPS) is 18.3. The molecule has 0 aromatic heterocycles. The van der Waals surface area contributed by atoms with Crippen molar-refractivity contribution in [2.24, 2.45) is 5.73 Å². The maximum atomic E-state index is 5.95. The minimum atomic E-state index is 0.411. The van der Waals surface area contributed by atoms with Crippen LogP contribution in [0.3, 0.4) is 0 Å². The van der Waals surface area contributed by atoms with Crippen molar-refractivity contribution in [2.75, 3.05) is 58.4 Å². The Morgan fingerprint density at radius 3 is 2.37 bits per heavy atom. The SMILES string of the molecule is CN(C)c1ccc(C(CN)CN2CCOCC2)cc1. The molecule has 4 nitrogen and oxygen atoms in total. The molecule has 1 aromatic carbocycles. The largest absolute Gasteiger partial charge is 0.379 e. The molecule has 1 heterocycles. The maximum Gasteiger partial charge on any atom is 0.0594 e. The standard InChI is InChI=1S/C15H25N3O/c1-17(2)15-5-3-13(4-6-15)14(11-16)12-18-7-9-19-10-8-18/h3-6,14H,7-12,16H2,1-2H3. The molecule has 0 amide bonds. The number of hydrogen-bond acceptors (Lipinski definition) is 4. The topological polar surface area (TPSA) is 41.7 Å². The highest BCUT2D eigenvalue weighted by Gasteiger charge is 2.17. The Morgan fingerprint density at radius 1 is 1.21 bits per heavy atom. The van der Waals surface area contributed by atoms with Crippen molar-refractivity contribution in [1.82, 2.24) is 4.90 Å². The summed E-state index contributed by atoms with van der Waals surface area (Å²) in [6, 6.07) is 8.73. The Balaban J connectivity index is 1.99. The zero-order chi connectivity index (χ0) is 13.7. The molecule has 1 aliphatic rings. The Labute approximate surface area is 116 Å². The Hall–Kier alpha value is -1.10. The lowest BCUT2D eigenvalue weighted by atomic mass is 9.98. The van der Waals surface area contributed by atoms with Crippen LogP contribution in [0.4, 0.5) is 5.69 Å². The van der Waals surface area contributed by atoms with Crippen LogP contribution in [0.1, 0.15) is 11.5 Å². The van der Waals surface area contributed by atoms with Gasteiger partial charge in [-0.3, -0.25) is 4.90 Å². The molecule has 1 aliphatic heterocycles. The van der Waals surface area contributed by atoms with Crippen molar-refractivity contribution in [3.8, 4) is 0 Å². The summed E-state index contributed by atoms with van der Waals surface area (Å²) in [4.78, 5) is 4.56. The molecule has 19 heavy (non-hydrogen) atoms. The van der Waals surface area contributed by atoms with E-state index in [0.717, 1.165) is 32.8 Å². The molecule has 4 heteroatoms. The van der Waals surface area contributed by atoms with Gasteiger partial charge in [0.05, 0.1) is 13.2 Å². The summed E-state index contributed by atoms with van der Waals surface area (Å²) in [7, 11) is 4.12. The van der Waals surface area contributed by atoms with E-state index < -0.39 is 0 Å². The van der Waals surface area contributed by atoms with Crippen LogP contribution < -0.4 is 10.6 Å². The van der Waals surface area contributed by atoms with Crippen molar-refractivity contribution < 1.29 is 4.74 Å². The van der Waals surface area contributed by atoms with Crippen molar-refractivity contribution in [2.45, 2.75) is 5.92 Å². The molecule has 1 fully saturated rings. The van der Waals surface area contributed by atoms with Gasteiger partial charge in [0.1, 0.15) is 0 Å². The minimum Gasteiger partial charge on any atom is -0.379 e. The molecular formula is C15H25N3O. The van der Waals surface area contributed by atoms with E-state index in [9.17, 15) is 0 Å². The van der Waals surface area contributed by atoms with Gasteiger partial charge in [-0.05, 0) is 17.7 Å². The second-order valence-electron chi connectivity index (χ2n) is 5.33. The molecule has 0 bridgehead atoms. The van der Waals surface area contributed by atoms with Gasteiger partial charge < -0.3 is 15.4 Å². The molecule has 1 unspecified atom stereocenters. The molecule has 2 N–H and O–H groups in total. The molecule has 0 spiro atoms. The van der Waals surface area contributed by atoms with Gasteiger partial charge in [0.15, 0.2) is 0 Å². The van der Waals surface area contributed by atoms with Gasteiger partial charge in [0.2, 0.25) is 0 Å². The van der Waals surface area contributed by atoms with Crippen LogP contribution in [0.15, 0.2) is 24.3 Å². The van der Waals surface area contributed by atoms with E-state index in [4.69, 9.17) is 10.5 Å². The number of morpholine rings is 1. The fourth-order valence-corrected chi connectivity index (χ4v) is 2.46. The third-order valence-corrected chi connectivity index (χ3v) is 3.75. The smallest absolute Gasteiger partial charge is 0.0594 e. The summed E-state index contributed by atoms with van der Waals surface area (Å²) in [5.41, 5.74) is 8.51. The molecule has 1 saturated heterocycles. The van der Waals surface area contributed by atoms with Gasteiger partial charge in [0.25, 0.3) is 0 Å². The van der Waals surface area contributed by atoms with E-state index in [2.05, 4.69) is 48.2 Å². The van der Waals surface area contributed by atoms with Crippen molar-refractivity contribution >= 4 is 5.69 Å². The second-order valence-corrected chi connectivity index (χ2v) is 5.33. The first-order chi connectivity index (χ1) is 9.20.